The van der Waals surface area contributed by atoms with E-state index in [4.69, 9.17) is 15.2 Å². The second-order valence-electron chi connectivity index (χ2n) is 6.50. The summed E-state index contributed by atoms with van der Waals surface area (Å²) in [7, 11) is 0. The molecule has 1 amide bonds. The Morgan fingerprint density at radius 2 is 2.00 bits per heavy atom. The van der Waals surface area contributed by atoms with Crippen LogP contribution in [0.15, 0.2) is 30.5 Å². The van der Waals surface area contributed by atoms with Gasteiger partial charge in [0.15, 0.2) is 0 Å². The topological polar surface area (TPSA) is 86.5 Å². The number of benzene rings is 1. The molecule has 136 valence electrons. The van der Waals surface area contributed by atoms with Crippen LogP contribution in [0.1, 0.15) is 32.1 Å². The van der Waals surface area contributed by atoms with Crippen LogP contribution in [0.25, 0.3) is 10.6 Å². The normalized spacial score (nSPS) is 11.2. The summed E-state index contributed by atoms with van der Waals surface area (Å²) in [6.45, 7) is 7.14. The molecular weight excluding hydrogens is 338 g/mol. The molecule has 1 aromatic heterocycles. The number of aromatic nitrogens is 1. The molecule has 0 saturated heterocycles. The zero-order valence-electron chi connectivity index (χ0n) is 14.9. The summed E-state index contributed by atoms with van der Waals surface area (Å²) in [5.41, 5.74) is 5.96. The smallest absolute Gasteiger partial charge is 0.407 e. The van der Waals surface area contributed by atoms with Gasteiger partial charge in [0.25, 0.3) is 0 Å². The summed E-state index contributed by atoms with van der Waals surface area (Å²) in [4.78, 5) is 17.1. The van der Waals surface area contributed by atoms with Gasteiger partial charge in [0.05, 0.1) is 13.2 Å². The summed E-state index contributed by atoms with van der Waals surface area (Å²) in [6.07, 6.45) is 2.17. The van der Waals surface area contributed by atoms with Crippen LogP contribution >= 0.6 is 11.3 Å². The molecule has 0 saturated carbocycles. The van der Waals surface area contributed by atoms with Crippen LogP contribution in [-0.4, -0.2) is 29.8 Å². The van der Waals surface area contributed by atoms with E-state index >= 15 is 0 Å². The average Bonchev–Trinajstić information content (AvgIpc) is 3.01. The lowest BCUT2D eigenvalue weighted by Crippen LogP contribution is -2.31. The standard InChI is InChI=1S/C18H25N3O3S/c1-18(2,3)24-17(22)21-12-15-11-20-16(25-15)13-5-7-14(8-6-13)23-10-4-9-19/h5-8,11H,4,9-10,12,19H2,1-3H3,(H,21,22). The number of hydrogen-bond acceptors (Lipinski definition) is 6. The van der Waals surface area contributed by atoms with E-state index in [0.29, 0.717) is 19.7 Å². The molecular formula is C18H25N3O3S. The highest BCUT2D eigenvalue weighted by atomic mass is 32.1. The van der Waals surface area contributed by atoms with Gasteiger partial charge in [-0.3, -0.25) is 0 Å². The van der Waals surface area contributed by atoms with Crippen molar-refractivity contribution < 1.29 is 14.3 Å². The predicted octanol–water partition coefficient (Wildman–Crippen LogP) is 3.56. The summed E-state index contributed by atoms with van der Waals surface area (Å²) in [5.74, 6) is 0.820. The zero-order valence-corrected chi connectivity index (χ0v) is 15.7. The molecule has 7 heteroatoms. The zero-order chi connectivity index (χ0) is 18.3. The highest BCUT2D eigenvalue weighted by molar-refractivity contribution is 7.15. The fraction of sp³-hybridized carbons (Fsp3) is 0.444. The first-order valence-electron chi connectivity index (χ1n) is 8.22. The highest BCUT2D eigenvalue weighted by Gasteiger charge is 2.16. The lowest BCUT2D eigenvalue weighted by Gasteiger charge is -2.19. The summed E-state index contributed by atoms with van der Waals surface area (Å²) in [5, 5.41) is 3.63. The minimum atomic E-state index is -0.503. The third-order valence-electron chi connectivity index (χ3n) is 3.08. The van der Waals surface area contributed by atoms with Gasteiger partial charge in [-0.15, -0.1) is 11.3 Å². The van der Waals surface area contributed by atoms with Gasteiger partial charge in [-0.2, -0.15) is 0 Å². The van der Waals surface area contributed by atoms with Gasteiger partial charge in [0.1, 0.15) is 16.4 Å². The number of carbonyl (C=O) groups is 1. The van der Waals surface area contributed by atoms with E-state index in [0.717, 1.165) is 27.6 Å². The van der Waals surface area contributed by atoms with E-state index < -0.39 is 11.7 Å². The van der Waals surface area contributed by atoms with Crippen molar-refractivity contribution in [2.45, 2.75) is 39.3 Å². The van der Waals surface area contributed by atoms with Crippen LogP contribution in [0.4, 0.5) is 4.79 Å². The fourth-order valence-electron chi connectivity index (χ4n) is 1.96. The Bertz CT molecular complexity index is 678. The fourth-order valence-corrected chi connectivity index (χ4v) is 2.82. The molecule has 0 spiro atoms. The molecule has 1 heterocycles. The first kappa shape index (κ1) is 19.2. The number of nitrogens with one attached hydrogen (secondary N) is 1. The number of hydrogen-bond donors (Lipinski definition) is 2. The number of nitrogens with zero attached hydrogens (tertiary/aromatic N) is 1. The van der Waals surface area contributed by atoms with E-state index in [1.54, 1.807) is 6.20 Å². The van der Waals surface area contributed by atoms with E-state index in [-0.39, 0.29) is 0 Å². The van der Waals surface area contributed by atoms with Crippen LogP contribution in [0.5, 0.6) is 5.75 Å². The maximum atomic E-state index is 11.7. The molecule has 0 radical (unpaired) electrons. The molecule has 0 aliphatic heterocycles. The van der Waals surface area contributed by atoms with Crippen molar-refractivity contribution in [1.29, 1.82) is 0 Å². The van der Waals surface area contributed by atoms with Gasteiger partial charge in [-0.25, -0.2) is 9.78 Å². The SMILES string of the molecule is CC(C)(C)OC(=O)NCc1cnc(-c2ccc(OCCCN)cc2)s1. The predicted molar refractivity (Wildman–Crippen MR) is 99.8 cm³/mol. The molecule has 0 fully saturated rings. The number of nitrogens with two attached hydrogens (primary N) is 1. The molecule has 6 nitrogen and oxygen atoms in total. The van der Waals surface area contributed by atoms with Gasteiger partial charge in [0.2, 0.25) is 0 Å². The third kappa shape index (κ3) is 6.72. The molecule has 2 aromatic rings. The Kier molecular flexibility index (Phi) is 6.78. The maximum Gasteiger partial charge on any atom is 0.407 e. The van der Waals surface area contributed by atoms with Gasteiger partial charge in [-0.05, 0) is 58.0 Å². The Balaban J connectivity index is 1.89. The van der Waals surface area contributed by atoms with Gasteiger partial charge in [0, 0.05) is 16.6 Å². The molecule has 25 heavy (non-hydrogen) atoms. The lowest BCUT2D eigenvalue weighted by molar-refractivity contribution is 0.0524. The highest BCUT2D eigenvalue weighted by Crippen LogP contribution is 2.27. The quantitative estimate of drug-likeness (QED) is 0.735. The molecule has 2 rings (SSSR count). The lowest BCUT2D eigenvalue weighted by atomic mass is 10.2. The Morgan fingerprint density at radius 1 is 1.28 bits per heavy atom. The Morgan fingerprint density at radius 3 is 2.64 bits per heavy atom. The van der Waals surface area contributed by atoms with Crippen LogP contribution in [0, 0.1) is 0 Å². The number of amides is 1. The average molecular weight is 363 g/mol. The van der Waals surface area contributed by atoms with Gasteiger partial charge in [-0.1, -0.05) is 0 Å². The summed E-state index contributed by atoms with van der Waals surface area (Å²) >= 11 is 1.53. The van der Waals surface area contributed by atoms with Crippen molar-refractivity contribution in [3.63, 3.8) is 0 Å². The van der Waals surface area contributed by atoms with E-state index in [9.17, 15) is 4.79 Å². The maximum absolute atomic E-state index is 11.7. The van der Waals surface area contributed by atoms with Crippen LogP contribution in [0.2, 0.25) is 0 Å². The van der Waals surface area contributed by atoms with Crippen LogP contribution in [-0.2, 0) is 11.3 Å². The Hall–Kier alpha value is -2.12. The molecule has 1 aromatic carbocycles. The van der Waals surface area contributed by atoms with Crippen molar-refractivity contribution in [1.82, 2.24) is 10.3 Å². The number of thiazole rings is 1. The van der Waals surface area contributed by atoms with E-state index in [1.165, 1.54) is 11.3 Å². The number of carbonyl (C=O) groups excluding carboxylic acids is 1. The molecule has 3 N–H and O–H groups in total. The van der Waals surface area contributed by atoms with Crippen molar-refractivity contribution in [3.05, 3.63) is 35.3 Å². The number of rotatable bonds is 7. The first-order valence-corrected chi connectivity index (χ1v) is 9.04. The van der Waals surface area contributed by atoms with Gasteiger partial charge >= 0.3 is 6.09 Å². The molecule has 0 bridgehead atoms. The van der Waals surface area contributed by atoms with Gasteiger partial charge < -0.3 is 20.5 Å². The van der Waals surface area contributed by atoms with Crippen molar-refractivity contribution >= 4 is 17.4 Å². The monoisotopic (exact) mass is 363 g/mol. The second kappa shape index (κ2) is 8.82. The Labute approximate surface area is 152 Å². The third-order valence-corrected chi connectivity index (χ3v) is 4.12. The van der Waals surface area contributed by atoms with Crippen LogP contribution < -0.4 is 15.8 Å². The summed E-state index contributed by atoms with van der Waals surface area (Å²) < 4.78 is 10.8. The molecule has 0 unspecified atom stereocenters. The number of ether oxygens (including phenoxy) is 2. The largest absolute Gasteiger partial charge is 0.494 e. The van der Waals surface area contributed by atoms with Crippen molar-refractivity contribution in [2.24, 2.45) is 5.73 Å². The molecule has 0 aliphatic rings. The van der Waals surface area contributed by atoms with E-state index in [1.807, 2.05) is 45.0 Å². The molecule has 0 aliphatic carbocycles. The van der Waals surface area contributed by atoms with E-state index in [2.05, 4.69) is 10.3 Å². The van der Waals surface area contributed by atoms with Crippen molar-refractivity contribution in [2.75, 3.05) is 13.2 Å². The minimum absolute atomic E-state index is 0.396. The first-order chi connectivity index (χ1) is 11.9. The minimum Gasteiger partial charge on any atom is -0.494 e. The van der Waals surface area contributed by atoms with Crippen LogP contribution in [0.3, 0.4) is 0 Å². The van der Waals surface area contributed by atoms with Crippen molar-refractivity contribution in [3.8, 4) is 16.3 Å². The second-order valence-corrected chi connectivity index (χ2v) is 7.62. The summed E-state index contributed by atoms with van der Waals surface area (Å²) in [6, 6.07) is 7.79. The molecule has 0 atom stereocenters. The number of alkyl carbamates (subject to hydrolysis) is 1.